The van der Waals surface area contributed by atoms with Gasteiger partial charge in [0.1, 0.15) is 0 Å². The van der Waals surface area contributed by atoms with Gasteiger partial charge in [0.05, 0.1) is 12.2 Å². The van der Waals surface area contributed by atoms with Crippen LogP contribution in [0.5, 0.6) is 0 Å². The van der Waals surface area contributed by atoms with Gasteiger partial charge in [-0.25, -0.2) is 0 Å². The summed E-state index contributed by atoms with van der Waals surface area (Å²) in [6.07, 6.45) is 0.986. The highest BCUT2D eigenvalue weighted by Crippen LogP contribution is 2.51. The minimum absolute atomic E-state index is 0.0693. The monoisotopic (exact) mass is 285 g/mol. The lowest BCUT2D eigenvalue weighted by molar-refractivity contribution is -0.176. The molecule has 0 aromatic rings. The van der Waals surface area contributed by atoms with E-state index in [4.69, 9.17) is 9.47 Å². The van der Waals surface area contributed by atoms with E-state index >= 15 is 0 Å². The number of nitrogens with zero attached hydrogens (tertiary/aromatic N) is 1. The molecular formula is C15H31N3O2. The number of guanidine groups is 1. The SMILES string of the molecule is CCN=C(NC(C)COC)NC1CC(C)(OC)C1(C)C. The summed E-state index contributed by atoms with van der Waals surface area (Å²) < 4.78 is 10.8. The Morgan fingerprint density at radius 2 is 2.00 bits per heavy atom. The van der Waals surface area contributed by atoms with E-state index in [1.165, 1.54) is 0 Å². The molecule has 3 unspecified atom stereocenters. The first-order valence-corrected chi connectivity index (χ1v) is 7.42. The maximum atomic E-state index is 5.66. The predicted molar refractivity (Wildman–Crippen MR) is 83.2 cm³/mol. The molecule has 0 spiro atoms. The summed E-state index contributed by atoms with van der Waals surface area (Å²) in [5.74, 6) is 0.855. The maximum Gasteiger partial charge on any atom is 0.191 e. The number of nitrogens with one attached hydrogen (secondary N) is 2. The highest BCUT2D eigenvalue weighted by molar-refractivity contribution is 5.80. The Kier molecular flexibility index (Phi) is 5.83. The molecule has 0 aromatic heterocycles. The second-order valence-corrected chi connectivity index (χ2v) is 6.38. The van der Waals surface area contributed by atoms with Gasteiger partial charge in [0, 0.05) is 38.3 Å². The van der Waals surface area contributed by atoms with Crippen molar-refractivity contribution in [3.05, 3.63) is 0 Å². The number of hydrogen-bond donors (Lipinski definition) is 2. The average molecular weight is 285 g/mol. The summed E-state index contributed by atoms with van der Waals surface area (Å²) in [6, 6.07) is 0.592. The lowest BCUT2D eigenvalue weighted by Gasteiger charge is -2.59. The highest BCUT2D eigenvalue weighted by atomic mass is 16.5. The van der Waals surface area contributed by atoms with Crippen molar-refractivity contribution in [2.75, 3.05) is 27.4 Å². The van der Waals surface area contributed by atoms with Crippen LogP contribution in [0.25, 0.3) is 0 Å². The first-order valence-electron chi connectivity index (χ1n) is 7.42. The third-order valence-electron chi connectivity index (χ3n) is 4.71. The van der Waals surface area contributed by atoms with Gasteiger partial charge in [-0.15, -0.1) is 0 Å². The second kappa shape index (κ2) is 6.76. The van der Waals surface area contributed by atoms with Crippen LogP contribution in [0.1, 0.15) is 41.0 Å². The standard InChI is InChI=1S/C15H31N3O2/c1-8-16-13(17-11(2)10-19-6)18-12-9-15(5,20-7)14(12,3)4/h11-12H,8-10H2,1-7H3,(H2,16,17,18). The van der Waals surface area contributed by atoms with Gasteiger partial charge in [0.2, 0.25) is 0 Å². The van der Waals surface area contributed by atoms with E-state index in [9.17, 15) is 0 Å². The lowest BCUT2D eigenvalue weighted by atomic mass is 9.56. The second-order valence-electron chi connectivity index (χ2n) is 6.38. The number of ether oxygens (including phenoxy) is 2. The third-order valence-corrected chi connectivity index (χ3v) is 4.71. The lowest BCUT2D eigenvalue weighted by Crippen LogP contribution is -2.69. The zero-order chi connectivity index (χ0) is 15.4. The van der Waals surface area contributed by atoms with E-state index in [0.29, 0.717) is 12.6 Å². The Balaban J connectivity index is 2.63. The van der Waals surface area contributed by atoms with E-state index in [2.05, 4.69) is 43.3 Å². The molecule has 0 saturated heterocycles. The number of rotatable bonds is 6. The molecule has 20 heavy (non-hydrogen) atoms. The molecule has 3 atom stereocenters. The van der Waals surface area contributed by atoms with Gasteiger partial charge < -0.3 is 20.1 Å². The van der Waals surface area contributed by atoms with Crippen LogP contribution in [0.15, 0.2) is 4.99 Å². The smallest absolute Gasteiger partial charge is 0.191 e. The topological polar surface area (TPSA) is 54.9 Å². The average Bonchev–Trinajstić information content (AvgIpc) is 2.38. The molecule has 1 saturated carbocycles. The van der Waals surface area contributed by atoms with Crippen LogP contribution >= 0.6 is 0 Å². The van der Waals surface area contributed by atoms with Crippen LogP contribution in [0, 0.1) is 5.41 Å². The summed E-state index contributed by atoms with van der Waals surface area (Å²) in [4.78, 5) is 4.51. The van der Waals surface area contributed by atoms with E-state index < -0.39 is 0 Å². The van der Waals surface area contributed by atoms with E-state index in [1.54, 1.807) is 14.2 Å². The first-order chi connectivity index (χ1) is 9.30. The van der Waals surface area contributed by atoms with Crippen molar-refractivity contribution in [2.24, 2.45) is 10.4 Å². The Labute approximate surface area is 123 Å². The van der Waals surface area contributed by atoms with Crippen LogP contribution in [-0.2, 0) is 9.47 Å². The van der Waals surface area contributed by atoms with Crippen molar-refractivity contribution >= 4 is 5.96 Å². The summed E-state index contributed by atoms with van der Waals surface area (Å²) in [6.45, 7) is 12.2. The Hall–Kier alpha value is -0.810. The molecule has 5 heteroatoms. The zero-order valence-electron chi connectivity index (χ0n) is 14.0. The largest absolute Gasteiger partial charge is 0.383 e. The van der Waals surface area contributed by atoms with Crippen LogP contribution < -0.4 is 10.6 Å². The number of aliphatic imine (C=N–C) groups is 1. The van der Waals surface area contributed by atoms with Crippen molar-refractivity contribution in [1.29, 1.82) is 0 Å². The molecule has 5 nitrogen and oxygen atoms in total. The molecule has 0 radical (unpaired) electrons. The van der Waals surface area contributed by atoms with Gasteiger partial charge in [-0.3, -0.25) is 4.99 Å². The van der Waals surface area contributed by atoms with E-state index in [0.717, 1.165) is 18.9 Å². The third kappa shape index (κ3) is 3.44. The zero-order valence-corrected chi connectivity index (χ0v) is 14.0. The number of methoxy groups -OCH3 is 2. The molecular weight excluding hydrogens is 254 g/mol. The molecule has 0 amide bonds. The molecule has 1 aliphatic rings. The van der Waals surface area contributed by atoms with Gasteiger partial charge in [0.15, 0.2) is 5.96 Å². The molecule has 0 bridgehead atoms. The quantitative estimate of drug-likeness (QED) is 0.577. The van der Waals surface area contributed by atoms with Gasteiger partial charge in [0.25, 0.3) is 0 Å². The minimum atomic E-state index is -0.0693. The molecule has 0 heterocycles. The maximum absolute atomic E-state index is 5.66. The summed E-state index contributed by atoms with van der Waals surface area (Å²) in [5, 5.41) is 6.90. The van der Waals surface area contributed by atoms with E-state index in [-0.39, 0.29) is 17.1 Å². The normalized spacial score (nSPS) is 30.6. The fraction of sp³-hybridized carbons (Fsp3) is 0.933. The van der Waals surface area contributed by atoms with Crippen molar-refractivity contribution < 1.29 is 9.47 Å². The molecule has 2 N–H and O–H groups in total. The molecule has 1 rings (SSSR count). The van der Waals surface area contributed by atoms with Gasteiger partial charge in [-0.2, -0.15) is 0 Å². The van der Waals surface area contributed by atoms with Crippen molar-refractivity contribution in [1.82, 2.24) is 10.6 Å². The Bertz CT molecular complexity index is 344. The van der Waals surface area contributed by atoms with Crippen LogP contribution in [0.2, 0.25) is 0 Å². The highest BCUT2D eigenvalue weighted by Gasteiger charge is 2.58. The van der Waals surface area contributed by atoms with Crippen LogP contribution in [0.4, 0.5) is 0 Å². The first kappa shape index (κ1) is 17.2. The summed E-state index contributed by atoms with van der Waals surface area (Å²) in [7, 11) is 3.50. The molecule has 0 aliphatic heterocycles. The fourth-order valence-electron chi connectivity index (χ4n) is 2.70. The molecule has 1 aliphatic carbocycles. The summed E-state index contributed by atoms with van der Waals surface area (Å²) in [5.41, 5.74) is 0.00255. The Morgan fingerprint density at radius 1 is 1.35 bits per heavy atom. The van der Waals surface area contributed by atoms with Crippen molar-refractivity contribution in [2.45, 2.75) is 58.7 Å². The van der Waals surface area contributed by atoms with Gasteiger partial charge >= 0.3 is 0 Å². The predicted octanol–water partition coefficient (Wildman–Crippen LogP) is 1.78. The van der Waals surface area contributed by atoms with Crippen LogP contribution in [-0.4, -0.2) is 51.0 Å². The van der Waals surface area contributed by atoms with Gasteiger partial charge in [-0.05, 0) is 27.2 Å². The van der Waals surface area contributed by atoms with E-state index in [1.807, 2.05) is 6.92 Å². The van der Waals surface area contributed by atoms with Crippen molar-refractivity contribution in [3.63, 3.8) is 0 Å². The summed E-state index contributed by atoms with van der Waals surface area (Å²) >= 11 is 0. The fourth-order valence-corrected chi connectivity index (χ4v) is 2.70. The van der Waals surface area contributed by atoms with Crippen LogP contribution in [0.3, 0.4) is 0 Å². The minimum Gasteiger partial charge on any atom is -0.383 e. The van der Waals surface area contributed by atoms with Crippen molar-refractivity contribution in [3.8, 4) is 0 Å². The number of hydrogen-bond acceptors (Lipinski definition) is 3. The molecule has 1 fully saturated rings. The molecule has 0 aromatic carbocycles. The Morgan fingerprint density at radius 3 is 2.45 bits per heavy atom. The molecule has 118 valence electrons. The van der Waals surface area contributed by atoms with Gasteiger partial charge in [-0.1, -0.05) is 13.8 Å².